The lowest BCUT2D eigenvalue weighted by molar-refractivity contribution is -0.123. The molecule has 4 rings (SSSR count). The maximum Gasteiger partial charge on any atom is 0.343 e. The SMILES string of the molecule is CCOc1cc(/C=C2\SC(=O)N(CCOc3cccc(C)c3)C2=O)cc(Cl)c1OC(=O)c1ccc(OC)cc1. The number of imide groups is 1. The van der Waals surface area contributed by atoms with Gasteiger partial charge in [0.05, 0.1) is 35.8 Å². The quantitative estimate of drug-likeness (QED) is 0.158. The number of thioether (sulfide) groups is 1. The molecule has 0 bridgehead atoms. The summed E-state index contributed by atoms with van der Waals surface area (Å²) in [6, 6.07) is 17.1. The van der Waals surface area contributed by atoms with E-state index in [9.17, 15) is 14.4 Å². The van der Waals surface area contributed by atoms with Gasteiger partial charge in [0.25, 0.3) is 11.1 Å². The Morgan fingerprint density at radius 2 is 1.79 bits per heavy atom. The second kappa shape index (κ2) is 12.7. The summed E-state index contributed by atoms with van der Waals surface area (Å²) in [4.78, 5) is 39.5. The second-order valence-corrected chi connectivity index (χ2v) is 9.78. The number of amides is 2. The number of nitrogens with zero attached hydrogens (tertiary/aromatic N) is 1. The molecule has 0 unspecified atom stereocenters. The Bertz CT molecular complexity index is 1420. The molecule has 1 aliphatic rings. The van der Waals surface area contributed by atoms with Crippen LogP contribution in [0.15, 0.2) is 65.6 Å². The third kappa shape index (κ3) is 6.93. The summed E-state index contributed by atoms with van der Waals surface area (Å²) in [5.74, 6) is 0.501. The molecule has 0 spiro atoms. The molecule has 39 heavy (non-hydrogen) atoms. The van der Waals surface area contributed by atoms with Crippen molar-refractivity contribution >= 4 is 46.6 Å². The van der Waals surface area contributed by atoms with Crippen LogP contribution in [0.25, 0.3) is 6.08 Å². The first-order valence-electron chi connectivity index (χ1n) is 12.1. The third-order valence-corrected chi connectivity index (χ3v) is 6.78. The number of esters is 1. The molecule has 1 aliphatic heterocycles. The van der Waals surface area contributed by atoms with E-state index in [1.807, 2.05) is 31.2 Å². The topological polar surface area (TPSA) is 91.4 Å². The summed E-state index contributed by atoms with van der Waals surface area (Å²) in [6.45, 7) is 4.30. The van der Waals surface area contributed by atoms with Crippen LogP contribution in [0.4, 0.5) is 4.79 Å². The number of methoxy groups -OCH3 is 1. The fraction of sp³-hybridized carbons (Fsp3) is 0.207. The maximum absolute atomic E-state index is 12.9. The van der Waals surface area contributed by atoms with E-state index in [0.29, 0.717) is 22.6 Å². The van der Waals surface area contributed by atoms with Crippen LogP contribution in [0, 0.1) is 6.92 Å². The Labute approximate surface area is 235 Å². The molecule has 1 heterocycles. The summed E-state index contributed by atoms with van der Waals surface area (Å²) in [6.07, 6.45) is 1.55. The Balaban J connectivity index is 1.48. The molecule has 1 fully saturated rings. The molecule has 0 atom stereocenters. The number of ether oxygens (including phenoxy) is 4. The van der Waals surface area contributed by atoms with Crippen molar-refractivity contribution in [3.8, 4) is 23.0 Å². The summed E-state index contributed by atoms with van der Waals surface area (Å²) in [5.41, 5.74) is 1.86. The van der Waals surface area contributed by atoms with E-state index < -0.39 is 11.9 Å². The molecule has 0 saturated carbocycles. The third-order valence-electron chi connectivity index (χ3n) is 5.60. The van der Waals surface area contributed by atoms with Crippen LogP contribution in [0.2, 0.25) is 5.02 Å². The summed E-state index contributed by atoms with van der Waals surface area (Å²) < 4.78 is 22.0. The van der Waals surface area contributed by atoms with Crippen molar-refractivity contribution in [2.24, 2.45) is 0 Å². The molecule has 1 saturated heterocycles. The van der Waals surface area contributed by atoms with Gasteiger partial charge < -0.3 is 18.9 Å². The molecular weight excluding hydrogens is 542 g/mol. The number of benzene rings is 3. The van der Waals surface area contributed by atoms with Crippen LogP contribution in [0.5, 0.6) is 23.0 Å². The Kier molecular flexibility index (Phi) is 9.16. The highest BCUT2D eigenvalue weighted by molar-refractivity contribution is 8.18. The van der Waals surface area contributed by atoms with Crippen LogP contribution >= 0.6 is 23.4 Å². The first-order chi connectivity index (χ1) is 18.8. The molecule has 0 aliphatic carbocycles. The minimum absolute atomic E-state index is 0.0536. The van der Waals surface area contributed by atoms with Gasteiger partial charge >= 0.3 is 5.97 Å². The van der Waals surface area contributed by atoms with Crippen LogP contribution in [0.3, 0.4) is 0 Å². The van der Waals surface area contributed by atoms with Crippen molar-refractivity contribution in [2.45, 2.75) is 13.8 Å². The predicted molar refractivity (Wildman–Crippen MR) is 150 cm³/mol. The Hall–Kier alpha value is -3.95. The molecule has 0 aromatic heterocycles. The van der Waals surface area contributed by atoms with Crippen molar-refractivity contribution in [2.75, 3.05) is 26.9 Å². The average molecular weight is 568 g/mol. The molecule has 10 heteroatoms. The van der Waals surface area contributed by atoms with E-state index in [4.69, 9.17) is 30.5 Å². The highest BCUT2D eigenvalue weighted by Crippen LogP contribution is 2.39. The molecule has 8 nitrogen and oxygen atoms in total. The number of hydrogen-bond donors (Lipinski definition) is 0. The van der Waals surface area contributed by atoms with Crippen LogP contribution in [-0.2, 0) is 4.79 Å². The number of hydrogen-bond acceptors (Lipinski definition) is 8. The predicted octanol–water partition coefficient (Wildman–Crippen LogP) is 6.39. The monoisotopic (exact) mass is 567 g/mol. The van der Waals surface area contributed by atoms with E-state index in [1.54, 1.807) is 43.3 Å². The molecular formula is C29H26ClNO7S. The van der Waals surface area contributed by atoms with E-state index in [-0.39, 0.29) is 46.4 Å². The minimum atomic E-state index is -0.623. The molecule has 2 amide bonds. The highest BCUT2D eigenvalue weighted by Gasteiger charge is 2.35. The van der Waals surface area contributed by atoms with Gasteiger partial charge in [-0.2, -0.15) is 0 Å². The van der Waals surface area contributed by atoms with Gasteiger partial charge in [-0.15, -0.1) is 0 Å². The van der Waals surface area contributed by atoms with Crippen LogP contribution in [0.1, 0.15) is 28.4 Å². The largest absolute Gasteiger partial charge is 0.497 e. The van der Waals surface area contributed by atoms with Gasteiger partial charge in [0.1, 0.15) is 18.1 Å². The maximum atomic E-state index is 12.9. The average Bonchev–Trinajstić information content (AvgIpc) is 3.18. The molecule has 202 valence electrons. The zero-order valence-electron chi connectivity index (χ0n) is 21.6. The van der Waals surface area contributed by atoms with Gasteiger partial charge in [-0.1, -0.05) is 23.7 Å². The van der Waals surface area contributed by atoms with Crippen LogP contribution in [-0.4, -0.2) is 48.9 Å². The summed E-state index contributed by atoms with van der Waals surface area (Å²) in [5, 5.41) is -0.278. The number of halogens is 1. The number of aryl methyl sites for hydroxylation is 1. The van der Waals surface area contributed by atoms with Crippen molar-refractivity contribution in [3.05, 3.63) is 87.3 Å². The standard InChI is InChI=1S/C29H26ClNO7S/c1-4-36-24-16-19(15-23(30)26(24)38-28(33)20-8-10-21(35-3)11-9-20)17-25-27(32)31(29(34)39-25)12-13-37-22-7-5-6-18(2)14-22/h5-11,14-17H,4,12-13H2,1-3H3/b25-17-. The fourth-order valence-electron chi connectivity index (χ4n) is 3.72. The zero-order valence-corrected chi connectivity index (χ0v) is 23.1. The smallest absolute Gasteiger partial charge is 0.343 e. The lowest BCUT2D eigenvalue weighted by atomic mass is 10.1. The number of carbonyl (C=O) groups excluding carboxylic acids is 3. The zero-order chi connectivity index (χ0) is 27.9. The highest BCUT2D eigenvalue weighted by atomic mass is 35.5. The van der Waals surface area contributed by atoms with Crippen molar-refractivity contribution in [1.82, 2.24) is 4.90 Å². The van der Waals surface area contributed by atoms with Gasteiger partial charge in [-0.3, -0.25) is 14.5 Å². The van der Waals surface area contributed by atoms with Crippen molar-refractivity contribution in [1.29, 1.82) is 0 Å². The normalized spacial score (nSPS) is 14.1. The Morgan fingerprint density at radius 3 is 2.49 bits per heavy atom. The van der Waals surface area contributed by atoms with E-state index in [2.05, 4.69) is 0 Å². The Morgan fingerprint density at radius 1 is 1.03 bits per heavy atom. The number of rotatable bonds is 10. The van der Waals surface area contributed by atoms with Gasteiger partial charge in [0.15, 0.2) is 11.5 Å². The summed E-state index contributed by atoms with van der Waals surface area (Å²) >= 11 is 7.30. The van der Waals surface area contributed by atoms with Gasteiger partial charge in [0.2, 0.25) is 0 Å². The first kappa shape index (κ1) is 28.1. The summed E-state index contributed by atoms with van der Waals surface area (Å²) in [7, 11) is 1.53. The van der Waals surface area contributed by atoms with Crippen molar-refractivity contribution < 1.29 is 33.3 Å². The second-order valence-electron chi connectivity index (χ2n) is 8.38. The van der Waals surface area contributed by atoms with Crippen molar-refractivity contribution in [3.63, 3.8) is 0 Å². The van der Waals surface area contributed by atoms with E-state index in [1.165, 1.54) is 13.2 Å². The van der Waals surface area contributed by atoms with Crippen LogP contribution < -0.4 is 18.9 Å². The fourth-order valence-corrected chi connectivity index (χ4v) is 4.84. The molecule has 3 aromatic rings. The molecule has 3 aromatic carbocycles. The number of carbonyl (C=O) groups is 3. The molecule has 0 N–H and O–H groups in total. The van der Waals surface area contributed by atoms with E-state index >= 15 is 0 Å². The lowest BCUT2D eigenvalue weighted by Crippen LogP contribution is -2.32. The van der Waals surface area contributed by atoms with Gasteiger partial charge in [0, 0.05) is 0 Å². The minimum Gasteiger partial charge on any atom is -0.497 e. The van der Waals surface area contributed by atoms with Gasteiger partial charge in [-0.05, 0) is 91.3 Å². The van der Waals surface area contributed by atoms with Gasteiger partial charge in [-0.25, -0.2) is 4.79 Å². The first-order valence-corrected chi connectivity index (χ1v) is 13.3. The molecule has 0 radical (unpaired) electrons. The van der Waals surface area contributed by atoms with E-state index in [0.717, 1.165) is 22.2 Å². The lowest BCUT2D eigenvalue weighted by Gasteiger charge is -2.14.